The summed E-state index contributed by atoms with van der Waals surface area (Å²) in [7, 11) is -0.595. The van der Waals surface area contributed by atoms with Crippen LogP contribution in [0, 0.1) is 5.92 Å². The lowest BCUT2D eigenvalue weighted by molar-refractivity contribution is -0.131. The number of ether oxygens (including phenoxy) is 1. The molecule has 1 fully saturated rings. The Bertz CT molecular complexity index is 765. The van der Waals surface area contributed by atoms with Gasteiger partial charge in [-0.25, -0.2) is 8.42 Å². The molecular weight excluding hydrogens is 374 g/mol. The van der Waals surface area contributed by atoms with Gasteiger partial charge in [-0.15, -0.1) is 0 Å². The first-order valence-corrected chi connectivity index (χ1v) is 10.3. The smallest absolute Gasteiger partial charge is 0.287 e. The molecule has 0 saturated carbocycles. The predicted molar refractivity (Wildman–Crippen MR) is 97.7 cm³/mol. The van der Waals surface area contributed by atoms with Gasteiger partial charge in [0.05, 0.1) is 13.2 Å². The second kappa shape index (κ2) is 8.85. The molecule has 27 heavy (non-hydrogen) atoms. The van der Waals surface area contributed by atoms with Crippen LogP contribution in [0.25, 0.3) is 0 Å². The van der Waals surface area contributed by atoms with Gasteiger partial charge in [0.1, 0.15) is 6.04 Å². The topological polar surface area (TPSA) is 109 Å². The molecule has 1 aromatic heterocycles. The molecular formula is C17H27N3O6S. The lowest BCUT2D eigenvalue weighted by atomic mass is 10.0. The SMILES string of the molecule is CC(C)C[C@H](NC(=O)c1ccc(S(=O)(=O)N2CCOCC2)o1)C(=O)N(C)C. The predicted octanol–water partition coefficient (Wildman–Crippen LogP) is 0.533. The fraction of sp³-hybridized carbons (Fsp3) is 0.647. The van der Waals surface area contributed by atoms with E-state index in [1.54, 1.807) is 14.1 Å². The average Bonchev–Trinajstić information content (AvgIpc) is 3.12. The number of rotatable bonds is 7. The lowest BCUT2D eigenvalue weighted by Crippen LogP contribution is -2.46. The Morgan fingerprint density at radius 2 is 1.85 bits per heavy atom. The van der Waals surface area contributed by atoms with Crippen molar-refractivity contribution in [1.82, 2.24) is 14.5 Å². The molecule has 0 bridgehead atoms. The summed E-state index contributed by atoms with van der Waals surface area (Å²) in [6.07, 6.45) is 0.461. The van der Waals surface area contributed by atoms with Crippen molar-refractivity contribution in [3.05, 3.63) is 17.9 Å². The van der Waals surface area contributed by atoms with E-state index in [2.05, 4.69) is 5.32 Å². The van der Waals surface area contributed by atoms with Crippen LogP contribution in [0.1, 0.15) is 30.8 Å². The molecule has 1 N–H and O–H groups in total. The standard InChI is InChI=1S/C17H27N3O6S/c1-12(2)11-13(17(22)19(3)4)18-16(21)14-5-6-15(26-14)27(23,24)20-7-9-25-10-8-20/h5-6,12-13H,7-11H2,1-4H3,(H,18,21)/t13-/m0/s1. The molecule has 10 heteroatoms. The summed E-state index contributed by atoms with van der Waals surface area (Å²) in [6, 6.07) is 1.84. The van der Waals surface area contributed by atoms with E-state index in [1.807, 2.05) is 13.8 Å². The van der Waals surface area contributed by atoms with Gasteiger partial charge < -0.3 is 19.4 Å². The van der Waals surface area contributed by atoms with E-state index in [0.29, 0.717) is 19.6 Å². The number of sulfonamides is 1. The van der Waals surface area contributed by atoms with Gasteiger partial charge in [-0.3, -0.25) is 9.59 Å². The third kappa shape index (κ3) is 5.30. The highest BCUT2D eigenvalue weighted by atomic mass is 32.2. The van der Waals surface area contributed by atoms with Gasteiger partial charge in [0.25, 0.3) is 15.9 Å². The van der Waals surface area contributed by atoms with Gasteiger partial charge in [0.2, 0.25) is 11.0 Å². The summed E-state index contributed by atoms with van der Waals surface area (Å²) in [5.74, 6) is -0.820. The van der Waals surface area contributed by atoms with Crippen molar-refractivity contribution in [2.75, 3.05) is 40.4 Å². The molecule has 0 aromatic carbocycles. The normalized spacial score (nSPS) is 16.9. The Kier molecular flexibility index (Phi) is 7.01. The summed E-state index contributed by atoms with van der Waals surface area (Å²) >= 11 is 0. The molecule has 0 radical (unpaired) electrons. The number of morpholine rings is 1. The van der Waals surface area contributed by atoms with Crippen LogP contribution in [0.5, 0.6) is 0 Å². The maximum atomic E-state index is 12.6. The highest BCUT2D eigenvalue weighted by Gasteiger charge is 2.31. The van der Waals surface area contributed by atoms with Crippen LogP contribution < -0.4 is 5.32 Å². The highest BCUT2D eigenvalue weighted by molar-refractivity contribution is 7.89. The first kappa shape index (κ1) is 21.4. The minimum atomic E-state index is -3.82. The number of furan rings is 1. The molecule has 152 valence electrons. The second-order valence-electron chi connectivity index (χ2n) is 7.02. The van der Waals surface area contributed by atoms with E-state index in [4.69, 9.17) is 9.15 Å². The van der Waals surface area contributed by atoms with Gasteiger partial charge in [0.15, 0.2) is 5.76 Å². The molecule has 0 aliphatic carbocycles. The third-order valence-corrected chi connectivity index (χ3v) is 5.89. The van der Waals surface area contributed by atoms with Crippen LogP contribution in [0.15, 0.2) is 21.6 Å². The molecule has 0 spiro atoms. The Morgan fingerprint density at radius 1 is 1.22 bits per heavy atom. The summed E-state index contributed by atoms with van der Waals surface area (Å²) in [5, 5.41) is 2.34. The number of hydrogen-bond donors (Lipinski definition) is 1. The van der Waals surface area contributed by atoms with Crippen molar-refractivity contribution < 1.29 is 27.2 Å². The van der Waals surface area contributed by atoms with Crippen LogP contribution in [0.4, 0.5) is 0 Å². The van der Waals surface area contributed by atoms with Crippen molar-refractivity contribution in [1.29, 1.82) is 0 Å². The van der Waals surface area contributed by atoms with E-state index in [0.717, 1.165) is 0 Å². The van der Waals surface area contributed by atoms with E-state index < -0.39 is 22.0 Å². The summed E-state index contributed by atoms with van der Waals surface area (Å²) in [4.78, 5) is 26.2. The largest absolute Gasteiger partial charge is 0.438 e. The first-order chi connectivity index (χ1) is 12.6. The van der Waals surface area contributed by atoms with Crippen molar-refractivity contribution in [2.24, 2.45) is 5.92 Å². The maximum absolute atomic E-state index is 12.6. The maximum Gasteiger partial charge on any atom is 0.287 e. The Morgan fingerprint density at radius 3 is 2.41 bits per heavy atom. The third-order valence-electron chi connectivity index (χ3n) is 4.12. The molecule has 2 rings (SSSR count). The molecule has 2 heterocycles. The molecule has 1 aliphatic heterocycles. The molecule has 0 unspecified atom stereocenters. The minimum absolute atomic E-state index is 0.151. The van der Waals surface area contributed by atoms with Crippen molar-refractivity contribution in [3.63, 3.8) is 0 Å². The van der Waals surface area contributed by atoms with Gasteiger partial charge >= 0.3 is 0 Å². The quantitative estimate of drug-likeness (QED) is 0.714. The van der Waals surface area contributed by atoms with Gasteiger partial charge in [-0.05, 0) is 24.5 Å². The van der Waals surface area contributed by atoms with Gasteiger partial charge in [-0.2, -0.15) is 4.31 Å². The fourth-order valence-corrected chi connectivity index (χ4v) is 4.05. The number of nitrogens with zero attached hydrogens (tertiary/aromatic N) is 2. The van der Waals surface area contributed by atoms with Crippen LogP contribution in [-0.2, 0) is 19.6 Å². The fourth-order valence-electron chi connectivity index (χ4n) is 2.73. The minimum Gasteiger partial charge on any atom is -0.438 e. The second-order valence-corrected chi connectivity index (χ2v) is 8.89. The molecule has 9 nitrogen and oxygen atoms in total. The summed E-state index contributed by atoms with van der Waals surface area (Å²) < 4.78 is 36.9. The zero-order chi connectivity index (χ0) is 20.2. The lowest BCUT2D eigenvalue weighted by Gasteiger charge is -2.24. The summed E-state index contributed by atoms with van der Waals surface area (Å²) in [6.45, 7) is 4.99. The van der Waals surface area contributed by atoms with E-state index >= 15 is 0 Å². The average molecular weight is 401 g/mol. The number of carbonyl (C=O) groups excluding carboxylic acids is 2. The molecule has 1 saturated heterocycles. The molecule has 1 atom stereocenters. The van der Waals surface area contributed by atoms with Crippen LogP contribution in [0.2, 0.25) is 0 Å². The van der Waals surface area contributed by atoms with Gasteiger partial charge in [0, 0.05) is 27.2 Å². The van der Waals surface area contributed by atoms with Crippen LogP contribution >= 0.6 is 0 Å². The van der Waals surface area contributed by atoms with E-state index in [1.165, 1.54) is 21.3 Å². The number of carbonyl (C=O) groups is 2. The van der Waals surface area contributed by atoms with E-state index in [-0.39, 0.29) is 35.8 Å². The van der Waals surface area contributed by atoms with Crippen molar-refractivity contribution in [3.8, 4) is 0 Å². The monoisotopic (exact) mass is 401 g/mol. The Hall–Kier alpha value is -1.91. The van der Waals surface area contributed by atoms with Crippen molar-refractivity contribution >= 4 is 21.8 Å². The molecule has 2 amide bonds. The number of nitrogens with one attached hydrogen (secondary N) is 1. The van der Waals surface area contributed by atoms with E-state index in [9.17, 15) is 18.0 Å². The zero-order valence-electron chi connectivity index (χ0n) is 16.1. The number of amides is 2. The number of likely N-dealkylation sites (N-methyl/N-ethyl adjacent to an activating group) is 1. The summed E-state index contributed by atoms with van der Waals surface area (Å²) in [5.41, 5.74) is 0. The van der Waals surface area contributed by atoms with Gasteiger partial charge in [-0.1, -0.05) is 13.8 Å². The van der Waals surface area contributed by atoms with Crippen molar-refractivity contribution in [2.45, 2.75) is 31.4 Å². The Balaban J connectivity index is 2.14. The van der Waals surface area contributed by atoms with Crippen LogP contribution in [-0.4, -0.2) is 75.9 Å². The van der Waals surface area contributed by atoms with Crippen LogP contribution in [0.3, 0.4) is 0 Å². The molecule has 1 aromatic rings. The Labute approximate surface area is 159 Å². The highest BCUT2D eigenvalue weighted by Crippen LogP contribution is 2.20. The number of hydrogen-bond acceptors (Lipinski definition) is 6. The molecule has 1 aliphatic rings. The zero-order valence-corrected chi connectivity index (χ0v) is 16.9. The first-order valence-electron chi connectivity index (χ1n) is 8.82.